The van der Waals surface area contributed by atoms with Crippen molar-refractivity contribution in [3.05, 3.63) is 57.5 Å². The molecule has 0 unspecified atom stereocenters. The van der Waals surface area contributed by atoms with E-state index in [1.54, 1.807) is 50.0 Å². The number of hydrogen-bond donors (Lipinski definition) is 1. The zero-order chi connectivity index (χ0) is 17.1. The summed E-state index contributed by atoms with van der Waals surface area (Å²) in [5.74, 6) is -0.493. The third kappa shape index (κ3) is 3.15. The number of rotatable bonds is 4. The first kappa shape index (κ1) is 16.5. The highest BCUT2D eigenvalue weighted by Crippen LogP contribution is 2.17. The number of aliphatic hydroxyl groups is 1. The summed E-state index contributed by atoms with van der Waals surface area (Å²) in [5, 5.41) is 10.3. The summed E-state index contributed by atoms with van der Waals surface area (Å²) in [5.41, 5.74) is 1.23. The standard InChI is InChI=1S/C17H19N3O3/c1-11-15(17(23)20(4)19(11)3)18-10-14(12(2)21)16(22)13-8-6-5-7-9-13/h5-10,22H,1-4H3/b16-14+,18-10?. The number of aliphatic hydroxyl groups excluding tert-OH is 1. The summed E-state index contributed by atoms with van der Waals surface area (Å²) in [6, 6.07) is 8.72. The Hall–Kier alpha value is -2.89. The van der Waals surface area contributed by atoms with Gasteiger partial charge in [-0.25, -0.2) is 4.99 Å². The molecule has 1 aromatic heterocycles. The second-order valence-corrected chi connectivity index (χ2v) is 5.23. The van der Waals surface area contributed by atoms with Gasteiger partial charge >= 0.3 is 0 Å². The van der Waals surface area contributed by atoms with Gasteiger partial charge in [-0.3, -0.25) is 19.0 Å². The molecule has 6 nitrogen and oxygen atoms in total. The Bertz CT molecular complexity index is 855. The minimum absolute atomic E-state index is 0.0570. The first-order chi connectivity index (χ1) is 10.8. The predicted octanol–water partition coefficient (Wildman–Crippen LogP) is 2.29. The van der Waals surface area contributed by atoms with Crippen molar-refractivity contribution in [2.75, 3.05) is 0 Å². The molecule has 2 rings (SSSR count). The summed E-state index contributed by atoms with van der Waals surface area (Å²) < 4.78 is 3.10. The summed E-state index contributed by atoms with van der Waals surface area (Å²) in [7, 11) is 3.39. The summed E-state index contributed by atoms with van der Waals surface area (Å²) in [6.45, 7) is 3.11. The molecule has 23 heavy (non-hydrogen) atoms. The molecule has 0 bridgehead atoms. The van der Waals surface area contributed by atoms with Crippen LogP contribution in [-0.2, 0) is 18.9 Å². The van der Waals surface area contributed by atoms with Gasteiger partial charge in [0.2, 0.25) is 0 Å². The van der Waals surface area contributed by atoms with Crippen LogP contribution in [0.25, 0.3) is 5.76 Å². The number of aromatic nitrogens is 2. The first-order valence-corrected chi connectivity index (χ1v) is 7.10. The maximum Gasteiger partial charge on any atom is 0.292 e. The second-order valence-electron chi connectivity index (χ2n) is 5.23. The number of allylic oxidation sites excluding steroid dienone is 1. The average molecular weight is 313 g/mol. The topological polar surface area (TPSA) is 76.6 Å². The van der Waals surface area contributed by atoms with Crippen molar-refractivity contribution in [3.8, 4) is 0 Å². The van der Waals surface area contributed by atoms with Crippen LogP contribution in [0.1, 0.15) is 18.2 Å². The molecule has 0 aliphatic rings. The largest absolute Gasteiger partial charge is 0.507 e. The summed E-state index contributed by atoms with van der Waals surface area (Å²) in [4.78, 5) is 28.1. The fourth-order valence-corrected chi connectivity index (χ4v) is 2.17. The molecule has 0 saturated carbocycles. The number of hydrogen-bond acceptors (Lipinski definition) is 4. The Morgan fingerprint density at radius 2 is 1.78 bits per heavy atom. The number of nitrogens with zero attached hydrogens (tertiary/aromatic N) is 3. The summed E-state index contributed by atoms with van der Waals surface area (Å²) >= 11 is 0. The van der Waals surface area contributed by atoms with Crippen molar-refractivity contribution in [2.24, 2.45) is 19.1 Å². The molecule has 1 heterocycles. The minimum atomic E-state index is -0.333. The zero-order valence-electron chi connectivity index (χ0n) is 13.6. The van der Waals surface area contributed by atoms with Crippen molar-refractivity contribution in [2.45, 2.75) is 13.8 Å². The highest BCUT2D eigenvalue weighted by atomic mass is 16.3. The van der Waals surface area contributed by atoms with Crippen LogP contribution in [0, 0.1) is 6.92 Å². The molecule has 0 aliphatic heterocycles. The molecule has 2 aromatic rings. The van der Waals surface area contributed by atoms with Gasteiger partial charge in [-0.1, -0.05) is 30.3 Å². The third-order valence-electron chi connectivity index (χ3n) is 3.78. The van der Waals surface area contributed by atoms with Gasteiger partial charge in [-0.15, -0.1) is 0 Å². The van der Waals surface area contributed by atoms with Crippen molar-refractivity contribution >= 4 is 23.4 Å². The second kappa shape index (κ2) is 6.48. The lowest BCUT2D eigenvalue weighted by Gasteiger charge is -2.04. The van der Waals surface area contributed by atoms with E-state index in [0.29, 0.717) is 11.3 Å². The Morgan fingerprint density at radius 3 is 2.26 bits per heavy atom. The van der Waals surface area contributed by atoms with Crippen LogP contribution in [0.4, 0.5) is 5.69 Å². The Kier molecular flexibility index (Phi) is 4.64. The Balaban J connectivity index is 2.52. The molecular weight excluding hydrogens is 294 g/mol. The van der Waals surface area contributed by atoms with E-state index in [2.05, 4.69) is 4.99 Å². The van der Waals surface area contributed by atoms with E-state index in [0.717, 1.165) is 0 Å². The molecule has 0 aliphatic carbocycles. The van der Waals surface area contributed by atoms with E-state index >= 15 is 0 Å². The minimum Gasteiger partial charge on any atom is -0.507 e. The molecular formula is C17H19N3O3. The van der Waals surface area contributed by atoms with Crippen molar-refractivity contribution in [1.82, 2.24) is 9.36 Å². The van der Waals surface area contributed by atoms with Gasteiger partial charge in [0.15, 0.2) is 11.5 Å². The lowest BCUT2D eigenvalue weighted by molar-refractivity contribution is -0.113. The maximum atomic E-state index is 12.1. The van der Waals surface area contributed by atoms with Gasteiger partial charge < -0.3 is 5.11 Å². The number of benzene rings is 1. The van der Waals surface area contributed by atoms with Crippen LogP contribution in [0.15, 0.2) is 45.7 Å². The van der Waals surface area contributed by atoms with E-state index in [9.17, 15) is 14.7 Å². The highest BCUT2D eigenvalue weighted by Gasteiger charge is 2.14. The van der Waals surface area contributed by atoms with Crippen LogP contribution in [0.3, 0.4) is 0 Å². The number of carbonyl (C=O) groups is 1. The van der Waals surface area contributed by atoms with E-state index in [4.69, 9.17) is 0 Å². The zero-order valence-corrected chi connectivity index (χ0v) is 13.6. The van der Waals surface area contributed by atoms with Gasteiger partial charge in [0, 0.05) is 25.9 Å². The monoisotopic (exact) mass is 313 g/mol. The van der Waals surface area contributed by atoms with Crippen LogP contribution < -0.4 is 5.56 Å². The van der Waals surface area contributed by atoms with Crippen molar-refractivity contribution in [1.29, 1.82) is 0 Å². The van der Waals surface area contributed by atoms with E-state index < -0.39 is 0 Å². The van der Waals surface area contributed by atoms with Gasteiger partial charge in [0.05, 0.1) is 11.3 Å². The number of carbonyl (C=O) groups excluding carboxylic acids is 1. The number of aliphatic imine (C=N–C) groups is 1. The Labute approximate surface area is 134 Å². The van der Waals surface area contributed by atoms with Crippen LogP contribution in [-0.4, -0.2) is 26.5 Å². The Morgan fingerprint density at radius 1 is 1.17 bits per heavy atom. The smallest absolute Gasteiger partial charge is 0.292 e. The van der Waals surface area contributed by atoms with Crippen molar-refractivity contribution < 1.29 is 9.90 Å². The predicted molar refractivity (Wildman–Crippen MR) is 90.2 cm³/mol. The average Bonchev–Trinajstić information content (AvgIpc) is 2.72. The molecule has 1 N–H and O–H groups in total. The van der Waals surface area contributed by atoms with Crippen molar-refractivity contribution in [3.63, 3.8) is 0 Å². The maximum absolute atomic E-state index is 12.1. The quantitative estimate of drug-likeness (QED) is 0.534. The van der Waals surface area contributed by atoms with Crippen LogP contribution in [0.2, 0.25) is 0 Å². The van der Waals surface area contributed by atoms with Crippen LogP contribution >= 0.6 is 0 Å². The van der Waals surface area contributed by atoms with Gasteiger partial charge in [0.25, 0.3) is 5.56 Å². The van der Waals surface area contributed by atoms with Gasteiger partial charge in [-0.2, -0.15) is 0 Å². The molecule has 0 amide bonds. The van der Waals surface area contributed by atoms with Crippen LogP contribution in [0.5, 0.6) is 0 Å². The highest BCUT2D eigenvalue weighted by molar-refractivity contribution is 6.17. The lowest BCUT2D eigenvalue weighted by Crippen LogP contribution is -2.16. The number of Topliss-reactive ketones (excluding diaryl/α,β-unsaturated/α-hetero) is 1. The summed E-state index contributed by atoms with van der Waals surface area (Å²) in [6.07, 6.45) is 1.24. The molecule has 120 valence electrons. The third-order valence-corrected chi connectivity index (χ3v) is 3.78. The molecule has 6 heteroatoms. The molecule has 0 spiro atoms. The molecule has 0 radical (unpaired) electrons. The van der Waals surface area contributed by atoms with Gasteiger partial charge in [0.1, 0.15) is 5.76 Å². The fraction of sp³-hybridized carbons (Fsp3) is 0.235. The molecule has 0 saturated heterocycles. The molecule has 0 fully saturated rings. The normalized spacial score (nSPS) is 12.5. The number of ketones is 1. The van der Waals surface area contributed by atoms with E-state index in [1.807, 2.05) is 6.07 Å². The first-order valence-electron chi connectivity index (χ1n) is 7.10. The molecule has 1 aromatic carbocycles. The molecule has 0 atom stereocenters. The fourth-order valence-electron chi connectivity index (χ4n) is 2.17. The van der Waals surface area contributed by atoms with E-state index in [1.165, 1.54) is 17.8 Å². The van der Waals surface area contributed by atoms with E-state index in [-0.39, 0.29) is 28.4 Å². The van der Waals surface area contributed by atoms with Gasteiger partial charge in [-0.05, 0) is 13.8 Å². The SMILES string of the molecule is CC(=O)/C(C=Nc1c(C)n(C)n(C)c1=O)=C(/O)c1ccccc1. The lowest BCUT2D eigenvalue weighted by atomic mass is 10.1.